The minimum absolute atomic E-state index is 0.120. The maximum atomic E-state index is 13.5. The van der Waals surface area contributed by atoms with E-state index in [-0.39, 0.29) is 18.0 Å². The number of fused-ring (bicyclic) bond motifs is 1. The maximum Gasteiger partial charge on any atom is 0.297 e. The number of anilines is 1. The normalized spacial score (nSPS) is 11.8. The van der Waals surface area contributed by atoms with Gasteiger partial charge in [-0.15, -0.1) is 6.58 Å². The molecule has 168 valence electrons. The van der Waals surface area contributed by atoms with Crippen LogP contribution in [0.3, 0.4) is 0 Å². The van der Waals surface area contributed by atoms with E-state index < -0.39 is 11.6 Å². The molecule has 1 atom stereocenters. The van der Waals surface area contributed by atoms with E-state index in [4.69, 9.17) is 9.26 Å². The molecule has 1 unspecified atom stereocenters. The number of amides is 1. The van der Waals surface area contributed by atoms with Crippen molar-refractivity contribution < 1.29 is 14.1 Å². The number of aryl methyl sites for hydroxylation is 1. The van der Waals surface area contributed by atoms with Crippen LogP contribution in [0, 0.1) is 6.92 Å². The second kappa shape index (κ2) is 9.12. The standard InChI is InChI=1S/C25H24N4O4/c1-5-14-28(19-11-7-6-8-12-19)24(30)16(2)29-25(31)23-21(17(3)33-27-23)22(26-29)18-10-9-13-20(15-18)32-4/h5-13,15-16H,1,14H2,2-4H3. The predicted molar refractivity (Wildman–Crippen MR) is 126 cm³/mol. The molecule has 4 aromatic rings. The SMILES string of the molecule is C=CCN(C(=O)C(C)n1nc(-c2cccc(OC)c2)c2c(C)onc2c1=O)c1ccccc1. The number of rotatable bonds is 7. The third-order valence-corrected chi connectivity index (χ3v) is 5.43. The molecule has 2 aromatic carbocycles. The molecule has 2 heterocycles. The Morgan fingerprint density at radius 1 is 1.24 bits per heavy atom. The Balaban J connectivity index is 1.87. The lowest BCUT2D eigenvalue weighted by Gasteiger charge is -2.25. The first-order chi connectivity index (χ1) is 16.0. The third-order valence-electron chi connectivity index (χ3n) is 5.43. The second-order valence-electron chi connectivity index (χ2n) is 7.54. The summed E-state index contributed by atoms with van der Waals surface area (Å²) in [5.41, 5.74) is 1.52. The minimum atomic E-state index is -0.900. The summed E-state index contributed by atoms with van der Waals surface area (Å²) in [4.78, 5) is 28.3. The van der Waals surface area contributed by atoms with Crippen molar-refractivity contribution >= 4 is 22.5 Å². The van der Waals surface area contributed by atoms with Crippen LogP contribution in [0.1, 0.15) is 18.7 Å². The van der Waals surface area contributed by atoms with Crippen molar-refractivity contribution in [3.05, 3.63) is 83.4 Å². The summed E-state index contributed by atoms with van der Waals surface area (Å²) in [6, 6.07) is 15.6. The van der Waals surface area contributed by atoms with E-state index in [1.807, 2.05) is 54.6 Å². The van der Waals surface area contributed by atoms with Gasteiger partial charge in [0.15, 0.2) is 5.52 Å². The summed E-state index contributed by atoms with van der Waals surface area (Å²) in [7, 11) is 1.58. The molecule has 0 fully saturated rings. The second-order valence-corrected chi connectivity index (χ2v) is 7.54. The van der Waals surface area contributed by atoms with E-state index >= 15 is 0 Å². The summed E-state index contributed by atoms with van der Waals surface area (Å²) >= 11 is 0. The number of hydrogen-bond donors (Lipinski definition) is 0. The van der Waals surface area contributed by atoms with Crippen LogP contribution in [0.25, 0.3) is 22.2 Å². The van der Waals surface area contributed by atoms with Crippen molar-refractivity contribution in [2.75, 3.05) is 18.6 Å². The van der Waals surface area contributed by atoms with Gasteiger partial charge in [-0.2, -0.15) is 5.10 Å². The van der Waals surface area contributed by atoms with Crippen LogP contribution in [-0.2, 0) is 4.79 Å². The van der Waals surface area contributed by atoms with Gasteiger partial charge < -0.3 is 14.2 Å². The first-order valence-electron chi connectivity index (χ1n) is 10.5. The summed E-state index contributed by atoms with van der Waals surface area (Å²) in [6.45, 7) is 7.41. The Morgan fingerprint density at radius 3 is 2.70 bits per heavy atom. The van der Waals surface area contributed by atoms with Crippen LogP contribution >= 0.6 is 0 Å². The molecule has 8 nitrogen and oxygen atoms in total. The first-order valence-corrected chi connectivity index (χ1v) is 10.5. The van der Waals surface area contributed by atoms with Crippen LogP contribution in [0.2, 0.25) is 0 Å². The third kappa shape index (κ3) is 4.03. The molecule has 1 amide bonds. The van der Waals surface area contributed by atoms with Gasteiger partial charge in [-0.1, -0.05) is 41.6 Å². The fraction of sp³-hybridized carbons (Fsp3) is 0.200. The van der Waals surface area contributed by atoms with Gasteiger partial charge in [0.25, 0.3) is 11.5 Å². The molecule has 33 heavy (non-hydrogen) atoms. The summed E-state index contributed by atoms with van der Waals surface area (Å²) < 4.78 is 11.8. The number of benzene rings is 2. The number of para-hydroxylation sites is 1. The molecule has 8 heteroatoms. The Labute approximate surface area is 190 Å². The zero-order chi connectivity index (χ0) is 23.5. The monoisotopic (exact) mass is 444 g/mol. The Bertz CT molecular complexity index is 1370. The highest BCUT2D eigenvalue weighted by Gasteiger charge is 2.27. The highest BCUT2D eigenvalue weighted by Crippen LogP contribution is 2.30. The molecule has 4 rings (SSSR count). The fourth-order valence-electron chi connectivity index (χ4n) is 3.73. The molecule has 0 aliphatic rings. The highest BCUT2D eigenvalue weighted by molar-refractivity contribution is 5.97. The van der Waals surface area contributed by atoms with Gasteiger partial charge in [-0.25, -0.2) is 4.68 Å². The molecule has 2 aromatic heterocycles. The van der Waals surface area contributed by atoms with Crippen LogP contribution < -0.4 is 15.2 Å². The molecule has 0 spiro atoms. The number of hydrogen-bond acceptors (Lipinski definition) is 6. The van der Waals surface area contributed by atoms with Crippen LogP contribution in [0.5, 0.6) is 5.75 Å². The number of carbonyl (C=O) groups is 1. The number of nitrogens with zero attached hydrogens (tertiary/aromatic N) is 4. The first kappa shape index (κ1) is 22.0. The maximum absolute atomic E-state index is 13.5. The largest absolute Gasteiger partial charge is 0.497 e. The highest BCUT2D eigenvalue weighted by atomic mass is 16.5. The van der Waals surface area contributed by atoms with Crippen molar-refractivity contribution in [3.8, 4) is 17.0 Å². The number of carbonyl (C=O) groups excluding carboxylic acids is 1. The van der Waals surface area contributed by atoms with Gasteiger partial charge in [0.05, 0.1) is 12.5 Å². The van der Waals surface area contributed by atoms with Gasteiger partial charge in [0.1, 0.15) is 23.2 Å². The summed E-state index contributed by atoms with van der Waals surface area (Å²) in [5.74, 6) is 0.808. The van der Waals surface area contributed by atoms with E-state index in [0.29, 0.717) is 33.8 Å². The van der Waals surface area contributed by atoms with E-state index in [0.717, 1.165) is 0 Å². The number of aromatic nitrogens is 3. The van der Waals surface area contributed by atoms with E-state index in [1.165, 1.54) is 4.68 Å². The van der Waals surface area contributed by atoms with Crippen LogP contribution in [0.15, 0.2) is 76.6 Å². The molecule has 0 aliphatic heterocycles. The summed E-state index contributed by atoms with van der Waals surface area (Å²) in [6.07, 6.45) is 1.64. The average molecular weight is 444 g/mol. The number of methoxy groups -OCH3 is 1. The van der Waals surface area contributed by atoms with Gasteiger partial charge in [0.2, 0.25) is 0 Å². The van der Waals surface area contributed by atoms with Crippen LogP contribution in [-0.4, -0.2) is 34.5 Å². The van der Waals surface area contributed by atoms with E-state index in [2.05, 4.69) is 16.8 Å². The topological polar surface area (TPSA) is 90.5 Å². The zero-order valence-corrected chi connectivity index (χ0v) is 18.7. The van der Waals surface area contributed by atoms with Crippen molar-refractivity contribution in [1.82, 2.24) is 14.9 Å². The minimum Gasteiger partial charge on any atom is -0.497 e. The molecule has 0 saturated carbocycles. The predicted octanol–water partition coefficient (Wildman–Crippen LogP) is 4.15. The Morgan fingerprint density at radius 2 is 2.00 bits per heavy atom. The van der Waals surface area contributed by atoms with E-state index in [9.17, 15) is 9.59 Å². The van der Waals surface area contributed by atoms with Gasteiger partial charge >= 0.3 is 0 Å². The molecular formula is C25H24N4O4. The molecule has 0 radical (unpaired) electrons. The smallest absolute Gasteiger partial charge is 0.297 e. The molecule has 0 aliphatic carbocycles. The number of ether oxygens (including phenoxy) is 1. The molecule has 0 saturated heterocycles. The lowest BCUT2D eigenvalue weighted by atomic mass is 10.1. The van der Waals surface area contributed by atoms with Crippen molar-refractivity contribution in [1.29, 1.82) is 0 Å². The van der Waals surface area contributed by atoms with Crippen molar-refractivity contribution in [3.63, 3.8) is 0 Å². The quantitative estimate of drug-likeness (QED) is 0.398. The Hall–Kier alpha value is -4.20. The fourth-order valence-corrected chi connectivity index (χ4v) is 3.73. The molecule has 0 N–H and O–H groups in total. The average Bonchev–Trinajstić information content (AvgIpc) is 3.24. The van der Waals surface area contributed by atoms with E-state index in [1.54, 1.807) is 31.9 Å². The van der Waals surface area contributed by atoms with Gasteiger partial charge in [-0.3, -0.25) is 9.59 Å². The lowest BCUT2D eigenvalue weighted by Crippen LogP contribution is -2.40. The molecule has 0 bridgehead atoms. The molecular weight excluding hydrogens is 420 g/mol. The zero-order valence-electron chi connectivity index (χ0n) is 18.7. The summed E-state index contributed by atoms with van der Waals surface area (Å²) in [5, 5.41) is 9.09. The van der Waals surface area contributed by atoms with Crippen molar-refractivity contribution in [2.45, 2.75) is 19.9 Å². The van der Waals surface area contributed by atoms with Gasteiger partial charge in [-0.05, 0) is 38.1 Å². The van der Waals surface area contributed by atoms with Crippen LogP contribution in [0.4, 0.5) is 5.69 Å². The Kier molecular flexibility index (Phi) is 6.08. The van der Waals surface area contributed by atoms with Gasteiger partial charge in [0, 0.05) is 17.8 Å². The lowest BCUT2D eigenvalue weighted by molar-refractivity contribution is -0.121. The van der Waals surface area contributed by atoms with Crippen molar-refractivity contribution in [2.24, 2.45) is 0 Å².